The van der Waals surface area contributed by atoms with Gasteiger partial charge in [0.15, 0.2) is 0 Å². The summed E-state index contributed by atoms with van der Waals surface area (Å²) in [5.41, 5.74) is 8.35. The number of carboxylic acids is 1. The standard InChI is InChI=1S/C35H43N3O5/c1-23-6-4-7-29(31-8-5-9-33(36-31)38-18-14-30(35(39)40)32(20-38)41-3)34(23)43-21-26-11-10-25-12-16-37(27-15-19-42-22-27)17-13-28(25)24(26)2/h4-11,27,30,32H,12-22H2,1-3H3,(H,39,40)/t27-,30+,32-/m1/s1. The first-order valence-corrected chi connectivity index (χ1v) is 15.6. The molecule has 3 atom stereocenters. The monoisotopic (exact) mass is 585 g/mol. The summed E-state index contributed by atoms with van der Waals surface area (Å²) < 4.78 is 17.8. The van der Waals surface area contributed by atoms with Gasteiger partial charge in [-0.05, 0) is 85.5 Å². The Kier molecular flexibility index (Phi) is 8.98. The first kappa shape index (κ1) is 29.6. The van der Waals surface area contributed by atoms with E-state index < -0.39 is 11.9 Å². The fourth-order valence-corrected chi connectivity index (χ4v) is 7.00. The summed E-state index contributed by atoms with van der Waals surface area (Å²) in [6.07, 6.45) is 3.43. The normalized spacial score (nSPS) is 22.7. The van der Waals surface area contributed by atoms with Gasteiger partial charge in [0.05, 0.1) is 24.3 Å². The molecule has 0 bridgehead atoms. The molecular weight excluding hydrogens is 542 g/mol. The number of anilines is 1. The number of hydrogen-bond donors (Lipinski definition) is 1. The molecule has 0 amide bonds. The molecule has 3 aromatic rings. The molecule has 1 N–H and O–H groups in total. The van der Waals surface area contributed by atoms with E-state index in [0.29, 0.717) is 32.2 Å². The highest BCUT2D eigenvalue weighted by Gasteiger charge is 2.35. The van der Waals surface area contributed by atoms with Crippen LogP contribution in [0.4, 0.5) is 5.82 Å². The zero-order valence-corrected chi connectivity index (χ0v) is 25.6. The van der Waals surface area contributed by atoms with Crippen molar-refractivity contribution in [3.8, 4) is 17.0 Å². The highest BCUT2D eigenvalue weighted by atomic mass is 16.5. The fourth-order valence-electron chi connectivity index (χ4n) is 7.00. The average Bonchev–Trinajstić information content (AvgIpc) is 3.47. The summed E-state index contributed by atoms with van der Waals surface area (Å²) in [5.74, 6) is 0.350. The van der Waals surface area contributed by atoms with Gasteiger partial charge in [-0.25, -0.2) is 4.98 Å². The zero-order valence-electron chi connectivity index (χ0n) is 25.6. The maximum absolute atomic E-state index is 11.7. The lowest BCUT2D eigenvalue weighted by molar-refractivity contribution is -0.147. The van der Waals surface area contributed by atoms with Crippen molar-refractivity contribution in [1.29, 1.82) is 0 Å². The molecule has 4 heterocycles. The number of methoxy groups -OCH3 is 1. The molecule has 228 valence electrons. The Morgan fingerprint density at radius 1 is 1.05 bits per heavy atom. The molecule has 1 aromatic heterocycles. The van der Waals surface area contributed by atoms with Crippen LogP contribution in [0.5, 0.6) is 5.75 Å². The van der Waals surface area contributed by atoms with E-state index in [9.17, 15) is 9.90 Å². The van der Waals surface area contributed by atoms with E-state index in [-0.39, 0.29) is 6.10 Å². The molecule has 8 heteroatoms. The van der Waals surface area contributed by atoms with E-state index in [0.717, 1.165) is 74.0 Å². The van der Waals surface area contributed by atoms with Crippen LogP contribution in [-0.2, 0) is 33.7 Å². The Morgan fingerprint density at radius 3 is 2.67 bits per heavy atom. The van der Waals surface area contributed by atoms with Crippen LogP contribution in [0.3, 0.4) is 0 Å². The summed E-state index contributed by atoms with van der Waals surface area (Å²) >= 11 is 0. The SMILES string of the molecule is CO[C@@H]1CN(c2cccc(-c3cccc(C)c3OCc3ccc4c(c3C)CCN([C@@H]3CCOC3)CC4)n2)CC[C@@H]1C(=O)O. The van der Waals surface area contributed by atoms with E-state index >= 15 is 0 Å². The molecule has 2 fully saturated rings. The van der Waals surface area contributed by atoms with Crippen molar-refractivity contribution in [2.45, 2.75) is 58.3 Å². The third kappa shape index (κ3) is 6.28. The van der Waals surface area contributed by atoms with Gasteiger partial charge >= 0.3 is 5.97 Å². The topological polar surface area (TPSA) is 84.4 Å². The number of aryl methyl sites for hydroxylation is 1. The van der Waals surface area contributed by atoms with E-state index in [1.807, 2.05) is 24.3 Å². The van der Waals surface area contributed by atoms with E-state index in [1.54, 1.807) is 7.11 Å². The Labute approximate surface area is 254 Å². The van der Waals surface area contributed by atoms with Crippen LogP contribution in [-0.4, -0.2) is 79.6 Å². The van der Waals surface area contributed by atoms with Crippen LogP contribution >= 0.6 is 0 Å². The third-order valence-corrected chi connectivity index (χ3v) is 9.64. The number of pyridine rings is 1. The maximum Gasteiger partial charge on any atom is 0.309 e. The Bertz CT molecular complexity index is 1450. The second kappa shape index (κ2) is 13.0. The van der Waals surface area contributed by atoms with Crippen LogP contribution in [0.25, 0.3) is 11.3 Å². The van der Waals surface area contributed by atoms with Crippen molar-refractivity contribution < 1.29 is 24.1 Å². The number of aliphatic carboxylic acids is 1. The van der Waals surface area contributed by atoms with Gasteiger partial charge in [-0.1, -0.05) is 30.3 Å². The average molecular weight is 586 g/mol. The number of hydrogen-bond acceptors (Lipinski definition) is 7. The first-order chi connectivity index (χ1) is 20.9. The molecule has 43 heavy (non-hydrogen) atoms. The largest absolute Gasteiger partial charge is 0.488 e. The number of piperidine rings is 1. The molecule has 2 aromatic carbocycles. The van der Waals surface area contributed by atoms with E-state index in [4.69, 9.17) is 19.2 Å². The van der Waals surface area contributed by atoms with Gasteiger partial charge in [0, 0.05) is 51.5 Å². The minimum Gasteiger partial charge on any atom is -0.488 e. The number of ether oxygens (including phenoxy) is 3. The molecule has 0 aliphatic carbocycles. The van der Waals surface area contributed by atoms with E-state index in [2.05, 4.69) is 47.9 Å². The summed E-state index contributed by atoms with van der Waals surface area (Å²) in [7, 11) is 1.58. The van der Waals surface area contributed by atoms with Crippen LogP contribution in [0, 0.1) is 19.8 Å². The number of aromatic nitrogens is 1. The summed E-state index contributed by atoms with van der Waals surface area (Å²) in [6, 6.07) is 17.3. The fraction of sp³-hybridized carbons (Fsp3) is 0.486. The molecule has 3 aliphatic heterocycles. The molecular formula is C35H43N3O5. The van der Waals surface area contributed by atoms with Crippen molar-refractivity contribution in [2.75, 3.05) is 51.4 Å². The van der Waals surface area contributed by atoms with Gasteiger partial charge in [-0.15, -0.1) is 0 Å². The lowest BCUT2D eigenvalue weighted by atomic mass is 9.94. The van der Waals surface area contributed by atoms with E-state index in [1.165, 1.54) is 22.3 Å². The molecule has 2 saturated heterocycles. The smallest absolute Gasteiger partial charge is 0.309 e. The number of carboxylic acid groups (broad SMARTS) is 1. The van der Waals surface area contributed by atoms with Crippen LogP contribution in [0.1, 0.15) is 40.7 Å². The van der Waals surface area contributed by atoms with Gasteiger partial charge < -0.3 is 24.2 Å². The quantitative estimate of drug-likeness (QED) is 0.393. The predicted octanol–water partition coefficient (Wildman–Crippen LogP) is 5.06. The Hall–Kier alpha value is -3.46. The summed E-state index contributed by atoms with van der Waals surface area (Å²) in [5, 5.41) is 9.58. The Balaban J connectivity index is 1.19. The molecule has 6 rings (SSSR count). The van der Waals surface area contributed by atoms with Gasteiger partial charge in [-0.2, -0.15) is 0 Å². The highest BCUT2D eigenvalue weighted by Crippen LogP contribution is 2.35. The second-order valence-electron chi connectivity index (χ2n) is 12.1. The minimum absolute atomic E-state index is 0.376. The van der Waals surface area contributed by atoms with Gasteiger partial charge in [0.1, 0.15) is 18.2 Å². The number of carbonyl (C=O) groups is 1. The maximum atomic E-state index is 11.7. The van der Waals surface area contributed by atoms with Crippen LogP contribution < -0.4 is 9.64 Å². The van der Waals surface area contributed by atoms with Gasteiger partial charge in [0.2, 0.25) is 0 Å². The molecule has 0 radical (unpaired) electrons. The second-order valence-corrected chi connectivity index (χ2v) is 12.1. The number of fused-ring (bicyclic) bond motifs is 1. The zero-order chi connectivity index (χ0) is 29.9. The Morgan fingerprint density at radius 2 is 1.88 bits per heavy atom. The van der Waals surface area contributed by atoms with Crippen molar-refractivity contribution in [3.05, 3.63) is 76.3 Å². The lowest BCUT2D eigenvalue weighted by Crippen LogP contribution is -2.47. The number of nitrogens with zero attached hydrogens (tertiary/aromatic N) is 3. The number of para-hydroxylation sites is 1. The van der Waals surface area contributed by atoms with Crippen molar-refractivity contribution in [1.82, 2.24) is 9.88 Å². The summed E-state index contributed by atoms with van der Waals surface area (Å²) in [6.45, 7) is 9.85. The predicted molar refractivity (Wildman–Crippen MR) is 167 cm³/mol. The molecule has 0 saturated carbocycles. The van der Waals surface area contributed by atoms with Crippen LogP contribution in [0.2, 0.25) is 0 Å². The third-order valence-electron chi connectivity index (χ3n) is 9.64. The lowest BCUT2D eigenvalue weighted by Gasteiger charge is -2.36. The minimum atomic E-state index is -0.805. The first-order valence-electron chi connectivity index (χ1n) is 15.6. The number of rotatable bonds is 8. The molecule has 3 aliphatic rings. The van der Waals surface area contributed by atoms with Gasteiger partial charge in [0.25, 0.3) is 0 Å². The molecule has 0 unspecified atom stereocenters. The van der Waals surface area contributed by atoms with Crippen LogP contribution in [0.15, 0.2) is 48.5 Å². The van der Waals surface area contributed by atoms with Crippen molar-refractivity contribution in [3.63, 3.8) is 0 Å². The van der Waals surface area contributed by atoms with Crippen molar-refractivity contribution in [2.24, 2.45) is 5.92 Å². The van der Waals surface area contributed by atoms with Crippen molar-refractivity contribution >= 4 is 11.8 Å². The van der Waals surface area contributed by atoms with Gasteiger partial charge in [-0.3, -0.25) is 9.69 Å². The number of benzene rings is 2. The molecule has 8 nitrogen and oxygen atoms in total. The highest BCUT2D eigenvalue weighted by molar-refractivity contribution is 5.72. The molecule has 0 spiro atoms. The summed E-state index contributed by atoms with van der Waals surface area (Å²) in [4.78, 5) is 21.4.